The highest BCUT2D eigenvalue weighted by Crippen LogP contribution is 2.37. The van der Waals surface area contributed by atoms with Gasteiger partial charge in [0.1, 0.15) is 0 Å². The maximum atomic E-state index is 12.2. The molecule has 0 fully saturated rings. The van der Waals surface area contributed by atoms with Gasteiger partial charge < -0.3 is 10.00 Å². The summed E-state index contributed by atoms with van der Waals surface area (Å²) in [7, 11) is -3.40. The quantitative estimate of drug-likeness (QED) is 0.718. The number of aromatic carboxylic acids is 1. The van der Waals surface area contributed by atoms with E-state index in [0.29, 0.717) is 16.2 Å². The van der Waals surface area contributed by atoms with Crippen LogP contribution in [0, 0.1) is 0 Å². The third-order valence-corrected chi connectivity index (χ3v) is 5.23. The highest BCUT2D eigenvalue weighted by Gasteiger charge is 2.22. The molecule has 2 N–H and O–H groups in total. The van der Waals surface area contributed by atoms with Gasteiger partial charge in [-0.15, -0.1) is 0 Å². The number of rotatable bonds is 3. The Morgan fingerprint density at radius 3 is 1.29 bits per heavy atom. The Hall–Kier alpha value is -2.68. The molecule has 0 spiro atoms. The molecule has 0 unspecified atom stereocenters. The molecule has 0 aromatic heterocycles. The zero-order valence-electron chi connectivity index (χ0n) is 12.8. The fraction of sp³-hybridized carbons (Fsp3) is 0. The topological polar surface area (TPSA) is 74.6 Å². The summed E-state index contributed by atoms with van der Waals surface area (Å²) in [5.41, 5.74) is 0.331. The first-order valence-electron chi connectivity index (χ1n) is 7.24. The van der Waals surface area contributed by atoms with Crippen LogP contribution in [-0.2, 0) is 4.57 Å². The predicted octanol–water partition coefficient (Wildman–Crippen LogP) is 3.29. The number of carboxylic acids is 1. The number of carboxylic acid groups (broad SMARTS) is 1. The highest BCUT2D eigenvalue weighted by atomic mass is 31.2. The smallest absolute Gasteiger partial charge is 0.335 e. The van der Waals surface area contributed by atoms with Gasteiger partial charge in [-0.2, -0.15) is 0 Å². The average molecular weight is 340 g/mol. The predicted molar refractivity (Wildman–Crippen MR) is 95.4 cm³/mol. The first kappa shape index (κ1) is 17.7. The SMILES string of the molecule is O=C(O)c1ccccc1.O=P(O)(c1ccccc1)c1ccccc1. The Labute approximate surface area is 140 Å². The Bertz CT molecular complexity index is 774. The van der Waals surface area contributed by atoms with Crippen molar-refractivity contribution >= 4 is 23.9 Å². The normalized spacial score (nSPS) is 10.4. The summed E-state index contributed by atoms with van der Waals surface area (Å²) in [6.07, 6.45) is 0. The molecule has 4 nitrogen and oxygen atoms in total. The number of hydrogen-bond acceptors (Lipinski definition) is 2. The van der Waals surface area contributed by atoms with Gasteiger partial charge in [-0.05, 0) is 36.4 Å². The molecule has 0 heterocycles. The summed E-state index contributed by atoms with van der Waals surface area (Å²) in [5.74, 6) is -0.879. The average Bonchev–Trinajstić information content (AvgIpc) is 2.64. The van der Waals surface area contributed by atoms with Crippen molar-refractivity contribution < 1.29 is 19.4 Å². The molecule has 3 rings (SSSR count). The monoisotopic (exact) mass is 340 g/mol. The van der Waals surface area contributed by atoms with Crippen molar-refractivity contribution in [2.24, 2.45) is 0 Å². The van der Waals surface area contributed by atoms with Gasteiger partial charge in [0, 0.05) is 10.6 Å². The zero-order chi connectivity index (χ0) is 17.4. The first-order chi connectivity index (χ1) is 11.5. The van der Waals surface area contributed by atoms with Crippen LogP contribution in [0.25, 0.3) is 0 Å². The van der Waals surface area contributed by atoms with E-state index >= 15 is 0 Å². The third kappa shape index (κ3) is 4.66. The van der Waals surface area contributed by atoms with Crippen molar-refractivity contribution in [2.75, 3.05) is 0 Å². The first-order valence-corrected chi connectivity index (χ1v) is 8.90. The summed E-state index contributed by atoms with van der Waals surface area (Å²) in [4.78, 5) is 20.2. The number of benzene rings is 3. The van der Waals surface area contributed by atoms with E-state index in [9.17, 15) is 14.3 Å². The summed E-state index contributed by atoms with van der Waals surface area (Å²) in [5, 5.41) is 9.32. The summed E-state index contributed by atoms with van der Waals surface area (Å²) in [6, 6.07) is 25.7. The lowest BCUT2D eigenvalue weighted by Gasteiger charge is -2.11. The van der Waals surface area contributed by atoms with Crippen LogP contribution in [-0.4, -0.2) is 16.0 Å². The van der Waals surface area contributed by atoms with Crippen molar-refractivity contribution in [2.45, 2.75) is 0 Å². The van der Waals surface area contributed by atoms with Crippen LogP contribution in [0.15, 0.2) is 91.0 Å². The molecule has 3 aromatic carbocycles. The zero-order valence-corrected chi connectivity index (χ0v) is 13.7. The summed E-state index contributed by atoms with van der Waals surface area (Å²) < 4.78 is 12.2. The molecule has 0 bridgehead atoms. The number of carbonyl (C=O) groups is 1. The second-order valence-corrected chi connectivity index (χ2v) is 7.10. The molecule has 3 aromatic rings. The minimum absolute atomic E-state index is 0.331. The van der Waals surface area contributed by atoms with Gasteiger partial charge in [0.05, 0.1) is 5.56 Å². The minimum atomic E-state index is -3.40. The van der Waals surface area contributed by atoms with Crippen LogP contribution in [0.1, 0.15) is 10.4 Å². The lowest BCUT2D eigenvalue weighted by molar-refractivity contribution is 0.0697. The lowest BCUT2D eigenvalue weighted by atomic mass is 10.2. The molecule has 0 atom stereocenters. The fourth-order valence-electron chi connectivity index (χ4n) is 1.99. The van der Waals surface area contributed by atoms with E-state index in [1.54, 1.807) is 78.9 Å². The summed E-state index contributed by atoms with van der Waals surface area (Å²) >= 11 is 0. The molecule has 0 saturated carbocycles. The second kappa shape index (κ2) is 8.25. The van der Waals surface area contributed by atoms with Gasteiger partial charge >= 0.3 is 5.97 Å². The molecule has 5 heteroatoms. The van der Waals surface area contributed by atoms with Crippen molar-refractivity contribution in [1.82, 2.24) is 0 Å². The van der Waals surface area contributed by atoms with Crippen molar-refractivity contribution in [3.63, 3.8) is 0 Å². The van der Waals surface area contributed by atoms with Crippen LogP contribution in [0.5, 0.6) is 0 Å². The molecule has 0 amide bonds. The Morgan fingerprint density at radius 2 is 1.00 bits per heavy atom. The maximum Gasteiger partial charge on any atom is 0.335 e. The molecule has 24 heavy (non-hydrogen) atoms. The number of hydrogen-bond donors (Lipinski definition) is 2. The Kier molecular flexibility index (Phi) is 6.07. The van der Waals surface area contributed by atoms with Gasteiger partial charge in [-0.25, -0.2) is 4.79 Å². The van der Waals surface area contributed by atoms with Crippen LogP contribution in [0.3, 0.4) is 0 Å². The van der Waals surface area contributed by atoms with Gasteiger partial charge in [0.2, 0.25) is 0 Å². The molecule has 0 radical (unpaired) electrons. The second-order valence-electron chi connectivity index (χ2n) is 4.92. The van der Waals surface area contributed by atoms with Crippen LogP contribution in [0.2, 0.25) is 0 Å². The van der Waals surface area contributed by atoms with Crippen molar-refractivity contribution in [3.8, 4) is 0 Å². The summed E-state index contributed by atoms with van der Waals surface area (Å²) in [6.45, 7) is 0. The molecule has 122 valence electrons. The Balaban J connectivity index is 0.000000198. The lowest BCUT2D eigenvalue weighted by Crippen LogP contribution is -2.14. The van der Waals surface area contributed by atoms with Crippen LogP contribution < -0.4 is 10.6 Å². The van der Waals surface area contributed by atoms with E-state index in [0.717, 1.165) is 0 Å². The van der Waals surface area contributed by atoms with Crippen LogP contribution >= 0.6 is 7.37 Å². The molecule has 0 aliphatic heterocycles. The van der Waals surface area contributed by atoms with E-state index in [4.69, 9.17) is 5.11 Å². The van der Waals surface area contributed by atoms with Gasteiger partial charge in [-0.3, -0.25) is 4.57 Å². The third-order valence-electron chi connectivity index (χ3n) is 3.23. The molecular weight excluding hydrogens is 323 g/mol. The molecule has 0 aliphatic rings. The van der Waals surface area contributed by atoms with Crippen LogP contribution in [0.4, 0.5) is 0 Å². The van der Waals surface area contributed by atoms with Gasteiger partial charge in [-0.1, -0.05) is 54.6 Å². The maximum absolute atomic E-state index is 12.2. The van der Waals surface area contributed by atoms with E-state index in [2.05, 4.69) is 0 Å². The minimum Gasteiger partial charge on any atom is -0.478 e. The molecular formula is C19H17O4P. The van der Waals surface area contributed by atoms with Gasteiger partial charge in [0.25, 0.3) is 7.37 Å². The van der Waals surface area contributed by atoms with Crippen molar-refractivity contribution in [3.05, 3.63) is 96.6 Å². The highest BCUT2D eigenvalue weighted by molar-refractivity contribution is 7.73. The fourth-order valence-corrected chi connectivity index (χ4v) is 3.44. The molecule has 0 saturated heterocycles. The van der Waals surface area contributed by atoms with E-state index in [1.165, 1.54) is 0 Å². The largest absolute Gasteiger partial charge is 0.478 e. The Morgan fingerprint density at radius 1 is 0.667 bits per heavy atom. The van der Waals surface area contributed by atoms with Crippen molar-refractivity contribution in [1.29, 1.82) is 0 Å². The molecule has 0 aliphatic carbocycles. The van der Waals surface area contributed by atoms with Gasteiger partial charge in [0.15, 0.2) is 0 Å². The van der Waals surface area contributed by atoms with E-state index < -0.39 is 13.3 Å². The standard InChI is InChI=1S/C12H11O2P.C7H6O2/c13-15(14,11-7-3-1-4-8-11)12-9-5-2-6-10-12;8-7(9)6-4-2-1-3-5-6/h1-10H,(H,13,14);1-5H,(H,8,9). The van der Waals surface area contributed by atoms with E-state index in [-0.39, 0.29) is 0 Å². The van der Waals surface area contributed by atoms with E-state index in [1.807, 2.05) is 12.1 Å².